The highest BCUT2D eigenvalue weighted by Crippen LogP contribution is 2.36. The smallest absolute Gasteiger partial charge is 0.229 e. The number of carbonyl (C=O) groups is 1. The number of halogens is 3. The molecular formula is C14H17BrCl2N2O. The highest BCUT2D eigenvalue weighted by atomic mass is 79.9. The van der Waals surface area contributed by atoms with E-state index >= 15 is 0 Å². The van der Waals surface area contributed by atoms with Gasteiger partial charge in [0.05, 0.1) is 21.7 Å². The van der Waals surface area contributed by atoms with Gasteiger partial charge in [0, 0.05) is 10.5 Å². The minimum Gasteiger partial charge on any atom is -0.327 e. The summed E-state index contributed by atoms with van der Waals surface area (Å²) in [6.07, 6.45) is 5.00. The number of rotatable bonds is 2. The Morgan fingerprint density at radius 3 is 2.65 bits per heavy atom. The van der Waals surface area contributed by atoms with Gasteiger partial charge in [0.1, 0.15) is 0 Å². The molecule has 1 saturated carbocycles. The lowest BCUT2D eigenvalue weighted by Crippen LogP contribution is -2.37. The molecule has 0 saturated heterocycles. The van der Waals surface area contributed by atoms with E-state index in [4.69, 9.17) is 28.9 Å². The van der Waals surface area contributed by atoms with Crippen LogP contribution >= 0.6 is 39.1 Å². The molecule has 110 valence electrons. The molecule has 3 nitrogen and oxygen atoms in total. The topological polar surface area (TPSA) is 55.1 Å². The summed E-state index contributed by atoms with van der Waals surface area (Å²) in [4.78, 5) is 12.4. The number of nitrogens with two attached hydrogens (primary N) is 1. The van der Waals surface area contributed by atoms with Crippen LogP contribution in [0.3, 0.4) is 0 Å². The van der Waals surface area contributed by atoms with Crippen LogP contribution in [-0.2, 0) is 4.79 Å². The van der Waals surface area contributed by atoms with Crippen LogP contribution in [0.25, 0.3) is 0 Å². The zero-order valence-electron chi connectivity index (χ0n) is 11.0. The summed E-state index contributed by atoms with van der Waals surface area (Å²) in [5.74, 6) is -0.226. The number of anilines is 1. The summed E-state index contributed by atoms with van der Waals surface area (Å²) >= 11 is 15.5. The molecule has 1 aliphatic carbocycles. The molecule has 0 aliphatic heterocycles. The highest BCUT2D eigenvalue weighted by Gasteiger charge is 2.27. The number of benzene rings is 1. The Morgan fingerprint density at radius 1 is 1.20 bits per heavy atom. The van der Waals surface area contributed by atoms with Crippen molar-refractivity contribution in [1.29, 1.82) is 0 Å². The third-order valence-electron chi connectivity index (χ3n) is 3.70. The van der Waals surface area contributed by atoms with E-state index in [9.17, 15) is 4.79 Å². The van der Waals surface area contributed by atoms with Gasteiger partial charge in [-0.3, -0.25) is 4.79 Å². The van der Waals surface area contributed by atoms with Gasteiger partial charge < -0.3 is 11.1 Å². The molecule has 20 heavy (non-hydrogen) atoms. The molecule has 2 unspecified atom stereocenters. The minimum absolute atomic E-state index is 0.0697. The van der Waals surface area contributed by atoms with E-state index in [-0.39, 0.29) is 17.9 Å². The Labute approximate surface area is 137 Å². The summed E-state index contributed by atoms with van der Waals surface area (Å²) in [5.41, 5.74) is 6.63. The minimum atomic E-state index is -0.156. The summed E-state index contributed by atoms with van der Waals surface area (Å²) in [6.45, 7) is 0. The fourth-order valence-electron chi connectivity index (χ4n) is 2.51. The fourth-order valence-corrected chi connectivity index (χ4v) is 3.33. The Bertz CT molecular complexity index is 510. The zero-order valence-corrected chi connectivity index (χ0v) is 14.1. The second kappa shape index (κ2) is 7.12. The second-order valence-corrected chi connectivity index (χ2v) is 6.73. The second-order valence-electron chi connectivity index (χ2n) is 5.12. The zero-order chi connectivity index (χ0) is 14.7. The van der Waals surface area contributed by atoms with E-state index in [0.29, 0.717) is 20.2 Å². The first-order chi connectivity index (χ1) is 9.50. The number of nitrogens with one attached hydrogen (secondary N) is 1. The molecule has 1 fully saturated rings. The number of hydrogen-bond donors (Lipinski definition) is 2. The molecule has 0 bridgehead atoms. The third kappa shape index (κ3) is 3.67. The van der Waals surface area contributed by atoms with E-state index in [1.807, 2.05) is 0 Å². The first-order valence-electron chi connectivity index (χ1n) is 6.70. The van der Waals surface area contributed by atoms with Crippen molar-refractivity contribution < 1.29 is 4.79 Å². The van der Waals surface area contributed by atoms with Crippen molar-refractivity contribution in [3.05, 3.63) is 26.7 Å². The van der Waals surface area contributed by atoms with E-state index in [0.717, 1.165) is 32.1 Å². The van der Waals surface area contributed by atoms with Gasteiger partial charge in [-0.05, 0) is 40.9 Å². The molecule has 1 aliphatic rings. The van der Waals surface area contributed by atoms with E-state index in [2.05, 4.69) is 21.2 Å². The molecule has 0 spiro atoms. The van der Waals surface area contributed by atoms with Gasteiger partial charge in [0.15, 0.2) is 0 Å². The normalized spacial score (nSPS) is 23.2. The van der Waals surface area contributed by atoms with Crippen LogP contribution in [0.1, 0.15) is 32.1 Å². The van der Waals surface area contributed by atoms with Crippen LogP contribution in [0.5, 0.6) is 0 Å². The van der Waals surface area contributed by atoms with E-state index in [1.165, 1.54) is 0 Å². The van der Waals surface area contributed by atoms with Crippen LogP contribution in [-0.4, -0.2) is 11.9 Å². The number of hydrogen-bond acceptors (Lipinski definition) is 2. The predicted octanol–water partition coefficient (Wildman–Crippen LogP) is 4.60. The van der Waals surface area contributed by atoms with Crippen LogP contribution in [0.4, 0.5) is 5.69 Å². The lowest BCUT2D eigenvalue weighted by Gasteiger charge is -2.21. The van der Waals surface area contributed by atoms with Crippen LogP contribution < -0.4 is 11.1 Å². The summed E-state index contributed by atoms with van der Waals surface area (Å²) in [7, 11) is 0. The molecular weight excluding hydrogens is 363 g/mol. The molecule has 3 N–H and O–H groups in total. The fraction of sp³-hybridized carbons (Fsp3) is 0.500. The van der Waals surface area contributed by atoms with Gasteiger partial charge in [-0.1, -0.05) is 42.5 Å². The SMILES string of the molecule is NC1CCCCCC1C(=O)Nc1ccc(Br)c(Cl)c1Cl. The van der Waals surface area contributed by atoms with E-state index < -0.39 is 0 Å². The Kier molecular flexibility index (Phi) is 5.73. The molecule has 1 amide bonds. The lowest BCUT2D eigenvalue weighted by molar-refractivity contribution is -0.120. The van der Waals surface area contributed by atoms with Gasteiger partial charge in [-0.15, -0.1) is 0 Å². The van der Waals surface area contributed by atoms with E-state index in [1.54, 1.807) is 12.1 Å². The summed E-state index contributed by atoms with van der Waals surface area (Å²) in [5, 5.41) is 3.59. The van der Waals surface area contributed by atoms with Crippen LogP contribution in [0.15, 0.2) is 16.6 Å². The molecule has 6 heteroatoms. The molecule has 1 aromatic rings. The highest BCUT2D eigenvalue weighted by molar-refractivity contribution is 9.10. The van der Waals surface area contributed by atoms with Gasteiger partial charge in [-0.25, -0.2) is 0 Å². The van der Waals surface area contributed by atoms with Crippen molar-refractivity contribution in [2.75, 3.05) is 5.32 Å². The quantitative estimate of drug-likeness (QED) is 0.582. The van der Waals surface area contributed by atoms with Crippen molar-refractivity contribution in [3.63, 3.8) is 0 Å². The van der Waals surface area contributed by atoms with Gasteiger partial charge in [0.25, 0.3) is 0 Å². The third-order valence-corrected chi connectivity index (χ3v) is 5.47. The average Bonchev–Trinajstić information content (AvgIpc) is 2.64. The average molecular weight is 380 g/mol. The molecule has 0 radical (unpaired) electrons. The molecule has 2 rings (SSSR count). The van der Waals surface area contributed by atoms with Crippen molar-refractivity contribution in [2.45, 2.75) is 38.1 Å². The summed E-state index contributed by atoms with van der Waals surface area (Å²) < 4.78 is 0.702. The van der Waals surface area contributed by atoms with Crippen molar-refractivity contribution in [3.8, 4) is 0 Å². The van der Waals surface area contributed by atoms with Gasteiger partial charge >= 0.3 is 0 Å². The van der Waals surface area contributed by atoms with Gasteiger partial charge in [0.2, 0.25) is 5.91 Å². The Balaban J connectivity index is 2.13. The van der Waals surface area contributed by atoms with Gasteiger partial charge in [-0.2, -0.15) is 0 Å². The maximum atomic E-state index is 12.4. The predicted molar refractivity (Wildman–Crippen MR) is 87.3 cm³/mol. The maximum absolute atomic E-state index is 12.4. The Hall–Kier alpha value is -0.290. The summed E-state index contributed by atoms with van der Waals surface area (Å²) in [6, 6.07) is 3.41. The van der Waals surface area contributed by atoms with Crippen molar-refractivity contribution >= 4 is 50.7 Å². The number of carbonyl (C=O) groups excluding carboxylic acids is 1. The molecule has 1 aromatic carbocycles. The molecule has 0 aromatic heterocycles. The standard InChI is InChI=1S/C14H17BrCl2N2O/c15-9-6-7-11(13(17)12(9)16)19-14(20)8-4-2-1-3-5-10(8)18/h6-8,10H,1-5,18H2,(H,19,20). The van der Waals surface area contributed by atoms with Crippen LogP contribution in [0, 0.1) is 5.92 Å². The first kappa shape index (κ1) is 16.1. The monoisotopic (exact) mass is 378 g/mol. The van der Waals surface area contributed by atoms with Crippen LogP contribution in [0.2, 0.25) is 10.0 Å². The van der Waals surface area contributed by atoms with Crippen molar-refractivity contribution in [1.82, 2.24) is 0 Å². The first-order valence-corrected chi connectivity index (χ1v) is 8.25. The number of amides is 1. The molecule has 0 heterocycles. The maximum Gasteiger partial charge on any atom is 0.229 e. The van der Waals surface area contributed by atoms with Crippen molar-refractivity contribution in [2.24, 2.45) is 11.7 Å². The molecule has 2 atom stereocenters. The largest absolute Gasteiger partial charge is 0.327 e. The lowest BCUT2D eigenvalue weighted by atomic mass is 9.94. The Morgan fingerprint density at radius 2 is 1.90 bits per heavy atom.